The molecule has 1 saturated carbocycles. The second kappa shape index (κ2) is 5.32. The van der Waals surface area contributed by atoms with Crippen LogP contribution in [-0.4, -0.2) is 11.1 Å². The van der Waals surface area contributed by atoms with Gasteiger partial charge in [-0.2, -0.15) is 0 Å². The zero-order valence-corrected chi connectivity index (χ0v) is 9.93. The van der Waals surface area contributed by atoms with E-state index in [1.54, 1.807) is 0 Å². The number of hydrogen-bond donors (Lipinski definition) is 2. The van der Waals surface area contributed by atoms with Gasteiger partial charge in [-0.05, 0) is 29.9 Å². The Bertz CT molecular complexity index is 397. The highest BCUT2D eigenvalue weighted by Gasteiger charge is 2.23. The van der Waals surface area contributed by atoms with Gasteiger partial charge in [0.05, 0.1) is 0 Å². The number of carboxylic acid groups (broad SMARTS) is 1. The number of rotatable bonds is 3. The average molecular weight is 233 g/mol. The molecular weight excluding hydrogens is 214 g/mol. The van der Waals surface area contributed by atoms with E-state index in [-0.39, 0.29) is 0 Å². The summed E-state index contributed by atoms with van der Waals surface area (Å²) in [5, 5.41) is 9.03. The fourth-order valence-electron chi connectivity index (χ4n) is 2.71. The van der Waals surface area contributed by atoms with Crippen molar-refractivity contribution in [3.8, 4) is 0 Å². The van der Waals surface area contributed by atoms with Crippen LogP contribution in [-0.2, 0) is 4.79 Å². The molecule has 0 bridgehead atoms. The van der Waals surface area contributed by atoms with Crippen molar-refractivity contribution in [2.24, 2.45) is 5.73 Å². The van der Waals surface area contributed by atoms with Gasteiger partial charge in [0.25, 0.3) is 0 Å². The van der Waals surface area contributed by atoms with E-state index >= 15 is 0 Å². The van der Waals surface area contributed by atoms with Crippen molar-refractivity contribution in [3.05, 3.63) is 35.4 Å². The van der Waals surface area contributed by atoms with Crippen LogP contribution in [0.3, 0.4) is 0 Å². The highest BCUT2D eigenvalue weighted by atomic mass is 16.4. The molecule has 1 atom stereocenters. The Balaban J connectivity index is 2.29. The van der Waals surface area contributed by atoms with Gasteiger partial charge in [-0.15, -0.1) is 0 Å². The van der Waals surface area contributed by atoms with Crippen molar-refractivity contribution in [2.75, 3.05) is 0 Å². The van der Waals surface area contributed by atoms with Gasteiger partial charge in [0.1, 0.15) is 6.04 Å². The summed E-state index contributed by atoms with van der Waals surface area (Å²) in [6.45, 7) is 0. The molecule has 1 aromatic carbocycles. The maximum absolute atomic E-state index is 11.0. The van der Waals surface area contributed by atoms with E-state index in [0.717, 1.165) is 24.0 Å². The van der Waals surface area contributed by atoms with Gasteiger partial charge in [-0.1, -0.05) is 43.5 Å². The Kier molecular flexibility index (Phi) is 3.79. The predicted molar refractivity (Wildman–Crippen MR) is 66.8 cm³/mol. The van der Waals surface area contributed by atoms with Crippen LogP contribution in [0.15, 0.2) is 24.3 Å². The highest BCUT2D eigenvalue weighted by molar-refractivity contribution is 5.75. The summed E-state index contributed by atoms with van der Waals surface area (Å²) in [6.07, 6.45) is 6.08. The van der Waals surface area contributed by atoms with Crippen LogP contribution in [0.2, 0.25) is 0 Å². The lowest BCUT2D eigenvalue weighted by Gasteiger charge is -2.25. The molecule has 1 aliphatic rings. The summed E-state index contributed by atoms with van der Waals surface area (Å²) in [5.41, 5.74) is 7.67. The molecule has 3 N–H and O–H groups in total. The van der Waals surface area contributed by atoms with Crippen LogP contribution in [0.1, 0.15) is 55.2 Å². The van der Waals surface area contributed by atoms with Crippen LogP contribution in [0, 0.1) is 0 Å². The summed E-state index contributed by atoms with van der Waals surface area (Å²) in [4.78, 5) is 11.0. The normalized spacial score (nSPS) is 18.9. The second-order valence-electron chi connectivity index (χ2n) is 4.78. The number of carboxylic acids is 1. The Hall–Kier alpha value is -1.35. The van der Waals surface area contributed by atoms with Crippen molar-refractivity contribution < 1.29 is 9.90 Å². The lowest BCUT2D eigenvalue weighted by molar-refractivity contribution is -0.138. The van der Waals surface area contributed by atoms with E-state index in [1.807, 2.05) is 24.3 Å². The Morgan fingerprint density at radius 3 is 2.53 bits per heavy atom. The van der Waals surface area contributed by atoms with E-state index < -0.39 is 12.0 Å². The van der Waals surface area contributed by atoms with E-state index in [1.165, 1.54) is 19.3 Å². The molecule has 0 aromatic heterocycles. The molecule has 1 aliphatic carbocycles. The van der Waals surface area contributed by atoms with Crippen LogP contribution in [0.4, 0.5) is 0 Å². The number of hydrogen-bond acceptors (Lipinski definition) is 2. The van der Waals surface area contributed by atoms with Crippen molar-refractivity contribution in [2.45, 2.75) is 44.1 Å². The topological polar surface area (TPSA) is 63.3 Å². The molecule has 3 heteroatoms. The largest absolute Gasteiger partial charge is 0.480 e. The molecule has 0 radical (unpaired) electrons. The Morgan fingerprint density at radius 2 is 1.88 bits per heavy atom. The Labute approximate surface area is 102 Å². The van der Waals surface area contributed by atoms with Crippen molar-refractivity contribution in [3.63, 3.8) is 0 Å². The molecule has 0 saturated heterocycles. The number of nitrogens with two attached hydrogens (primary N) is 1. The maximum Gasteiger partial charge on any atom is 0.325 e. The van der Waals surface area contributed by atoms with Gasteiger partial charge in [0, 0.05) is 0 Å². The molecule has 92 valence electrons. The third-order valence-electron chi connectivity index (χ3n) is 3.64. The van der Waals surface area contributed by atoms with Crippen LogP contribution < -0.4 is 5.73 Å². The molecule has 1 aromatic rings. The molecule has 2 rings (SSSR count). The first-order valence-corrected chi connectivity index (χ1v) is 6.27. The molecule has 0 heterocycles. The third-order valence-corrected chi connectivity index (χ3v) is 3.64. The minimum absolute atomic E-state index is 0.491. The van der Waals surface area contributed by atoms with Gasteiger partial charge >= 0.3 is 5.97 Å². The summed E-state index contributed by atoms with van der Waals surface area (Å²) in [5.74, 6) is -0.460. The smallest absolute Gasteiger partial charge is 0.325 e. The molecule has 1 fully saturated rings. The van der Waals surface area contributed by atoms with E-state index in [2.05, 4.69) is 0 Å². The van der Waals surface area contributed by atoms with Gasteiger partial charge in [0.15, 0.2) is 0 Å². The minimum atomic E-state index is -0.951. The first kappa shape index (κ1) is 12.1. The third kappa shape index (κ3) is 2.67. The number of carbonyl (C=O) groups is 1. The van der Waals surface area contributed by atoms with Crippen molar-refractivity contribution in [1.82, 2.24) is 0 Å². The maximum atomic E-state index is 11.0. The molecule has 17 heavy (non-hydrogen) atoms. The molecule has 0 spiro atoms. The van der Waals surface area contributed by atoms with Gasteiger partial charge < -0.3 is 10.8 Å². The quantitative estimate of drug-likeness (QED) is 0.843. The molecule has 3 nitrogen and oxygen atoms in total. The number of aliphatic carboxylic acids is 1. The first-order valence-electron chi connectivity index (χ1n) is 6.27. The summed E-state index contributed by atoms with van der Waals surface area (Å²) < 4.78 is 0. The molecule has 0 aliphatic heterocycles. The monoisotopic (exact) mass is 233 g/mol. The molecule has 0 unspecified atom stereocenters. The van der Waals surface area contributed by atoms with Crippen LogP contribution in [0.5, 0.6) is 0 Å². The van der Waals surface area contributed by atoms with Crippen molar-refractivity contribution >= 4 is 5.97 Å². The zero-order valence-electron chi connectivity index (χ0n) is 9.93. The van der Waals surface area contributed by atoms with Crippen LogP contribution in [0.25, 0.3) is 0 Å². The fourth-order valence-corrected chi connectivity index (χ4v) is 2.71. The fraction of sp³-hybridized carbons (Fsp3) is 0.500. The summed E-state index contributed by atoms with van der Waals surface area (Å²) in [7, 11) is 0. The lowest BCUT2D eigenvalue weighted by atomic mass is 9.81. The molecular formula is C14H19NO2. The SMILES string of the molecule is N[C@H](C(=O)O)c1ccccc1C1CCCCC1. The van der Waals surface area contributed by atoms with Crippen molar-refractivity contribution in [1.29, 1.82) is 0 Å². The number of benzene rings is 1. The first-order chi connectivity index (χ1) is 8.20. The van der Waals surface area contributed by atoms with Gasteiger partial charge in [-0.3, -0.25) is 4.79 Å². The summed E-state index contributed by atoms with van der Waals surface area (Å²) >= 11 is 0. The van der Waals surface area contributed by atoms with E-state index in [0.29, 0.717) is 5.92 Å². The second-order valence-corrected chi connectivity index (χ2v) is 4.78. The van der Waals surface area contributed by atoms with E-state index in [4.69, 9.17) is 10.8 Å². The Morgan fingerprint density at radius 1 is 1.24 bits per heavy atom. The highest BCUT2D eigenvalue weighted by Crippen LogP contribution is 2.35. The van der Waals surface area contributed by atoms with Gasteiger partial charge in [-0.25, -0.2) is 0 Å². The zero-order chi connectivity index (χ0) is 12.3. The summed E-state index contributed by atoms with van der Waals surface area (Å²) in [6, 6.07) is 6.83. The average Bonchev–Trinajstić information content (AvgIpc) is 2.39. The lowest BCUT2D eigenvalue weighted by Crippen LogP contribution is -2.23. The predicted octanol–water partition coefficient (Wildman–Crippen LogP) is 2.82. The molecule has 0 amide bonds. The van der Waals surface area contributed by atoms with Crippen LogP contribution >= 0.6 is 0 Å². The van der Waals surface area contributed by atoms with E-state index in [9.17, 15) is 4.79 Å². The standard InChI is InChI=1S/C14H19NO2/c15-13(14(16)17)12-9-5-4-8-11(12)10-6-2-1-3-7-10/h4-5,8-10,13H,1-3,6-7,15H2,(H,16,17)/t13-/m0/s1. The van der Waals surface area contributed by atoms with Gasteiger partial charge in [0.2, 0.25) is 0 Å². The minimum Gasteiger partial charge on any atom is -0.480 e.